The number of carbonyl (C=O) groups excluding carboxylic acids is 1. The van der Waals surface area contributed by atoms with Gasteiger partial charge in [0.15, 0.2) is 0 Å². The summed E-state index contributed by atoms with van der Waals surface area (Å²) in [6.07, 6.45) is 0.523. The SMILES string of the molecule is CCOc1ccccc1N1CCN(C(=O)CC2COCCN2)CC1. The normalized spacial score (nSPS) is 21.6. The van der Waals surface area contributed by atoms with E-state index in [1.165, 1.54) is 0 Å². The van der Waals surface area contributed by atoms with E-state index in [-0.39, 0.29) is 11.9 Å². The molecule has 2 fully saturated rings. The Morgan fingerprint density at radius 1 is 1.29 bits per heavy atom. The Bertz CT molecular complexity index is 538. The second-order valence-corrected chi connectivity index (χ2v) is 6.20. The van der Waals surface area contributed by atoms with Crippen LogP contribution in [-0.4, -0.2) is 69.4 Å². The molecule has 1 aromatic carbocycles. The van der Waals surface area contributed by atoms with Gasteiger partial charge in [-0.25, -0.2) is 0 Å². The van der Waals surface area contributed by atoms with E-state index in [2.05, 4.69) is 16.3 Å². The first-order chi connectivity index (χ1) is 11.8. The van der Waals surface area contributed by atoms with E-state index in [0.29, 0.717) is 19.6 Å². The molecule has 1 unspecified atom stereocenters. The van der Waals surface area contributed by atoms with Crippen LogP contribution in [0.1, 0.15) is 13.3 Å². The highest BCUT2D eigenvalue weighted by molar-refractivity contribution is 5.77. The van der Waals surface area contributed by atoms with E-state index in [4.69, 9.17) is 9.47 Å². The summed E-state index contributed by atoms with van der Waals surface area (Å²) < 4.78 is 11.1. The van der Waals surface area contributed by atoms with Crippen LogP contribution in [0.2, 0.25) is 0 Å². The molecular formula is C18H27N3O3. The van der Waals surface area contributed by atoms with Crippen LogP contribution in [-0.2, 0) is 9.53 Å². The number of amides is 1. The van der Waals surface area contributed by atoms with Gasteiger partial charge in [-0.05, 0) is 19.1 Å². The molecule has 1 N–H and O–H groups in total. The first-order valence-electron chi connectivity index (χ1n) is 8.83. The highest BCUT2D eigenvalue weighted by atomic mass is 16.5. The lowest BCUT2D eigenvalue weighted by molar-refractivity contribution is -0.132. The number of carbonyl (C=O) groups is 1. The number of rotatable bonds is 5. The molecule has 0 saturated carbocycles. The van der Waals surface area contributed by atoms with Gasteiger partial charge in [0.05, 0.1) is 25.5 Å². The Kier molecular flexibility index (Phi) is 5.93. The number of hydrogen-bond donors (Lipinski definition) is 1. The summed E-state index contributed by atoms with van der Waals surface area (Å²) in [5.41, 5.74) is 1.12. The van der Waals surface area contributed by atoms with Gasteiger partial charge in [0.25, 0.3) is 0 Å². The fraction of sp³-hybridized carbons (Fsp3) is 0.611. The summed E-state index contributed by atoms with van der Waals surface area (Å²) in [6, 6.07) is 8.28. The molecule has 2 aliphatic rings. The van der Waals surface area contributed by atoms with Crippen molar-refractivity contribution < 1.29 is 14.3 Å². The summed E-state index contributed by atoms with van der Waals surface area (Å²) in [4.78, 5) is 16.7. The van der Waals surface area contributed by atoms with Gasteiger partial charge in [0, 0.05) is 45.2 Å². The molecule has 24 heavy (non-hydrogen) atoms. The van der Waals surface area contributed by atoms with Gasteiger partial charge >= 0.3 is 0 Å². The molecule has 1 amide bonds. The van der Waals surface area contributed by atoms with Gasteiger partial charge in [-0.3, -0.25) is 4.79 Å². The van der Waals surface area contributed by atoms with Crippen LogP contribution in [0.5, 0.6) is 5.75 Å². The summed E-state index contributed by atoms with van der Waals surface area (Å²) >= 11 is 0. The van der Waals surface area contributed by atoms with Crippen molar-refractivity contribution in [3.63, 3.8) is 0 Å². The van der Waals surface area contributed by atoms with Crippen molar-refractivity contribution in [3.8, 4) is 5.75 Å². The van der Waals surface area contributed by atoms with Crippen molar-refractivity contribution in [1.29, 1.82) is 0 Å². The van der Waals surface area contributed by atoms with E-state index < -0.39 is 0 Å². The molecular weight excluding hydrogens is 306 g/mol. The van der Waals surface area contributed by atoms with Gasteiger partial charge in [0.2, 0.25) is 5.91 Å². The molecule has 3 rings (SSSR count). The van der Waals surface area contributed by atoms with Crippen LogP contribution in [0.3, 0.4) is 0 Å². The summed E-state index contributed by atoms with van der Waals surface area (Å²) in [7, 11) is 0. The number of para-hydroxylation sites is 2. The van der Waals surface area contributed by atoms with Crippen LogP contribution in [0.15, 0.2) is 24.3 Å². The van der Waals surface area contributed by atoms with Crippen molar-refractivity contribution in [2.45, 2.75) is 19.4 Å². The molecule has 0 bridgehead atoms. The van der Waals surface area contributed by atoms with E-state index in [1.54, 1.807) is 0 Å². The van der Waals surface area contributed by atoms with Crippen LogP contribution in [0, 0.1) is 0 Å². The molecule has 2 heterocycles. The van der Waals surface area contributed by atoms with E-state index in [1.807, 2.05) is 30.0 Å². The molecule has 0 radical (unpaired) electrons. The average Bonchev–Trinajstić information content (AvgIpc) is 2.63. The van der Waals surface area contributed by atoms with Crippen molar-refractivity contribution in [1.82, 2.24) is 10.2 Å². The standard InChI is InChI=1S/C18H27N3O3/c1-2-24-17-6-4-3-5-16(17)20-8-10-21(11-9-20)18(22)13-15-14-23-12-7-19-15/h3-6,15,19H,2,7-14H2,1H3. The molecule has 6 nitrogen and oxygen atoms in total. The lowest BCUT2D eigenvalue weighted by Gasteiger charge is -2.37. The van der Waals surface area contributed by atoms with Gasteiger partial charge in [0.1, 0.15) is 5.75 Å². The van der Waals surface area contributed by atoms with E-state index in [0.717, 1.165) is 50.8 Å². The predicted octanol–water partition coefficient (Wildman–Crippen LogP) is 1.11. The van der Waals surface area contributed by atoms with E-state index >= 15 is 0 Å². The first-order valence-corrected chi connectivity index (χ1v) is 8.83. The highest BCUT2D eigenvalue weighted by Crippen LogP contribution is 2.28. The topological polar surface area (TPSA) is 54.0 Å². The molecule has 2 saturated heterocycles. The minimum absolute atomic E-state index is 0.156. The Hall–Kier alpha value is -1.79. The van der Waals surface area contributed by atoms with Gasteiger partial charge in [-0.2, -0.15) is 0 Å². The second kappa shape index (κ2) is 8.35. The maximum Gasteiger partial charge on any atom is 0.224 e. The molecule has 2 aliphatic heterocycles. The lowest BCUT2D eigenvalue weighted by Crippen LogP contribution is -2.51. The maximum absolute atomic E-state index is 12.5. The molecule has 132 valence electrons. The Morgan fingerprint density at radius 2 is 2.08 bits per heavy atom. The van der Waals surface area contributed by atoms with Gasteiger partial charge in [-0.1, -0.05) is 12.1 Å². The number of nitrogens with one attached hydrogen (secondary N) is 1. The largest absolute Gasteiger partial charge is 0.492 e. The summed E-state index contributed by atoms with van der Waals surface area (Å²) in [5.74, 6) is 1.14. The molecule has 0 aromatic heterocycles. The number of nitrogens with zero attached hydrogens (tertiary/aromatic N) is 2. The van der Waals surface area contributed by atoms with Gasteiger partial charge < -0.3 is 24.6 Å². The fourth-order valence-corrected chi connectivity index (χ4v) is 3.28. The zero-order chi connectivity index (χ0) is 16.8. The van der Waals surface area contributed by atoms with Crippen LogP contribution in [0.4, 0.5) is 5.69 Å². The van der Waals surface area contributed by atoms with Crippen LogP contribution >= 0.6 is 0 Å². The Labute approximate surface area is 143 Å². The number of morpholine rings is 1. The van der Waals surface area contributed by atoms with Crippen molar-refractivity contribution in [3.05, 3.63) is 24.3 Å². The van der Waals surface area contributed by atoms with E-state index in [9.17, 15) is 4.79 Å². The molecule has 1 aromatic rings. The zero-order valence-electron chi connectivity index (χ0n) is 14.4. The second-order valence-electron chi connectivity index (χ2n) is 6.20. The lowest BCUT2D eigenvalue weighted by atomic mass is 10.1. The predicted molar refractivity (Wildman–Crippen MR) is 93.6 cm³/mol. The number of ether oxygens (including phenoxy) is 2. The summed E-state index contributed by atoms with van der Waals surface area (Å²) in [5, 5.41) is 3.35. The minimum atomic E-state index is 0.156. The van der Waals surface area contributed by atoms with Gasteiger partial charge in [-0.15, -0.1) is 0 Å². The number of benzene rings is 1. The third kappa shape index (κ3) is 4.19. The summed E-state index contributed by atoms with van der Waals surface area (Å²) in [6.45, 7) is 8.05. The van der Waals surface area contributed by atoms with Crippen molar-refractivity contribution in [2.75, 3.05) is 57.4 Å². The monoisotopic (exact) mass is 333 g/mol. The smallest absolute Gasteiger partial charge is 0.224 e. The number of piperazine rings is 1. The third-order valence-electron chi connectivity index (χ3n) is 4.56. The Morgan fingerprint density at radius 3 is 2.79 bits per heavy atom. The first kappa shape index (κ1) is 17.0. The molecule has 6 heteroatoms. The molecule has 0 spiro atoms. The maximum atomic E-state index is 12.5. The third-order valence-corrected chi connectivity index (χ3v) is 4.56. The van der Waals surface area contributed by atoms with Crippen LogP contribution < -0.4 is 15.0 Å². The highest BCUT2D eigenvalue weighted by Gasteiger charge is 2.25. The van der Waals surface area contributed by atoms with Crippen LogP contribution in [0.25, 0.3) is 0 Å². The van der Waals surface area contributed by atoms with Crippen molar-refractivity contribution in [2.24, 2.45) is 0 Å². The zero-order valence-corrected chi connectivity index (χ0v) is 14.4. The Balaban J connectivity index is 1.53. The minimum Gasteiger partial charge on any atom is -0.492 e. The quantitative estimate of drug-likeness (QED) is 0.875. The van der Waals surface area contributed by atoms with Crippen molar-refractivity contribution >= 4 is 11.6 Å². The number of anilines is 1. The molecule has 0 aliphatic carbocycles. The average molecular weight is 333 g/mol. The molecule has 1 atom stereocenters. The fourth-order valence-electron chi connectivity index (χ4n) is 3.28. The number of hydrogen-bond acceptors (Lipinski definition) is 5.